The van der Waals surface area contributed by atoms with E-state index in [1.165, 1.54) is 12.1 Å². The number of carbonyl (C=O) groups is 1. The maximum Gasteiger partial charge on any atom is 0.338 e. The number of fused-ring (bicyclic) bond motifs is 1. The van der Waals surface area contributed by atoms with Gasteiger partial charge in [0.2, 0.25) is 0 Å². The van der Waals surface area contributed by atoms with Crippen molar-refractivity contribution in [3.63, 3.8) is 0 Å². The minimum Gasteiger partial charge on any atom is -0.457 e. The zero-order valence-electron chi connectivity index (χ0n) is 13.3. The molecule has 0 aliphatic rings. The van der Waals surface area contributed by atoms with Crippen molar-refractivity contribution in [3.05, 3.63) is 70.2 Å². The van der Waals surface area contributed by atoms with Crippen molar-refractivity contribution in [2.24, 2.45) is 0 Å². The number of aromatic amines is 1. The van der Waals surface area contributed by atoms with E-state index in [9.17, 15) is 9.18 Å². The number of aryl methyl sites for hydroxylation is 2. The molecule has 4 nitrogen and oxygen atoms in total. The summed E-state index contributed by atoms with van der Waals surface area (Å²) in [6.07, 6.45) is 0. The Balaban J connectivity index is 1.78. The van der Waals surface area contributed by atoms with Gasteiger partial charge < -0.3 is 9.72 Å². The van der Waals surface area contributed by atoms with Gasteiger partial charge in [0.15, 0.2) is 0 Å². The Morgan fingerprint density at radius 3 is 2.75 bits per heavy atom. The average Bonchev–Trinajstić information content (AvgIpc) is 2.87. The number of nitrogens with zero attached hydrogens (tertiary/aromatic N) is 1. The smallest absolute Gasteiger partial charge is 0.338 e. The SMILES string of the molecule is Cc1[nH]c2ccc(C(=O)OCc3ccc(C#N)cc3F)cc2c1C. The second-order valence-corrected chi connectivity index (χ2v) is 5.63. The van der Waals surface area contributed by atoms with Gasteiger partial charge in [0, 0.05) is 22.2 Å². The Hall–Kier alpha value is -3.13. The molecule has 0 saturated heterocycles. The van der Waals surface area contributed by atoms with Gasteiger partial charge in [-0.2, -0.15) is 5.26 Å². The summed E-state index contributed by atoms with van der Waals surface area (Å²) in [5.74, 6) is -1.08. The Morgan fingerprint density at radius 1 is 1.25 bits per heavy atom. The summed E-state index contributed by atoms with van der Waals surface area (Å²) in [4.78, 5) is 15.4. The lowest BCUT2D eigenvalue weighted by Gasteiger charge is -2.06. The standard InChI is InChI=1S/C19H15FN2O2/c1-11-12(2)22-18-6-5-14(8-16(11)18)19(23)24-10-15-4-3-13(9-21)7-17(15)20/h3-8,22H,10H2,1-2H3. The number of hydrogen-bond donors (Lipinski definition) is 1. The number of aromatic nitrogens is 1. The number of rotatable bonds is 3. The first-order valence-electron chi connectivity index (χ1n) is 7.44. The number of nitriles is 1. The van der Waals surface area contributed by atoms with E-state index >= 15 is 0 Å². The Bertz CT molecular complexity index is 983. The molecule has 5 heteroatoms. The van der Waals surface area contributed by atoms with Crippen LogP contribution >= 0.6 is 0 Å². The van der Waals surface area contributed by atoms with Crippen LogP contribution in [0.15, 0.2) is 36.4 Å². The van der Waals surface area contributed by atoms with E-state index in [-0.39, 0.29) is 17.7 Å². The fraction of sp³-hybridized carbons (Fsp3) is 0.158. The highest BCUT2D eigenvalue weighted by atomic mass is 19.1. The van der Waals surface area contributed by atoms with E-state index in [0.29, 0.717) is 5.56 Å². The normalized spacial score (nSPS) is 10.6. The van der Waals surface area contributed by atoms with E-state index in [0.717, 1.165) is 28.2 Å². The second-order valence-electron chi connectivity index (χ2n) is 5.63. The molecule has 24 heavy (non-hydrogen) atoms. The van der Waals surface area contributed by atoms with Gasteiger partial charge in [-0.3, -0.25) is 0 Å². The molecule has 3 rings (SSSR count). The lowest BCUT2D eigenvalue weighted by atomic mass is 10.1. The third-order valence-electron chi connectivity index (χ3n) is 4.08. The third kappa shape index (κ3) is 2.86. The van der Waals surface area contributed by atoms with Crippen molar-refractivity contribution in [3.8, 4) is 6.07 Å². The van der Waals surface area contributed by atoms with Crippen LogP contribution in [0.4, 0.5) is 4.39 Å². The number of nitrogens with one attached hydrogen (secondary N) is 1. The van der Waals surface area contributed by atoms with Crippen LogP contribution in [0.25, 0.3) is 10.9 Å². The van der Waals surface area contributed by atoms with Gasteiger partial charge in [-0.1, -0.05) is 6.07 Å². The van der Waals surface area contributed by atoms with Gasteiger partial charge >= 0.3 is 5.97 Å². The summed E-state index contributed by atoms with van der Waals surface area (Å²) in [6.45, 7) is 3.77. The maximum atomic E-state index is 13.8. The first-order chi connectivity index (χ1) is 11.5. The predicted molar refractivity (Wildman–Crippen MR) is 88.0 cm³/mol. The van der Waals surface area contributed by atoms with Crippen LogP contribution in [-0.2, 0) is 11.3 Å². The number of hydrogen-bond acceptors (Lipinski definition) is 3. The molecule has 1 heterocycles. The molecule has 0 fully saturated rings. The molecule has 2 aromatic carbocycles. The second kappa shape index (κ2) is 6.17. The predicted octanol–water partition coefficient (Wildman–Crippen LogP) is 4.15. The van der Waals surface area contributed by atoms with Crippen molar-refractivity contribution < 1.29 is 13.9 Å². The zero-order chi connectivity index (χ0) is 17.3. The molecular formula is C19H15FN2O2. The molecule has 1 N–H and O–H groups in total. The van der Waals surface area contributed by atoms with Crippen LogP contribution in [0.1, 0.15) is 32.7 Å². The topological polar surface area (TPSA) is 65.9 Å². The highest BCUT2D eigenvalue weighted by molar-refractivity contribution is 5.96. The van der Waals surface area contributed by atoms with Crippen molar-refractivity contribution in [1.82, 2.24) is 4.98 Å². The van der Waals surface area contributed by atoms with Crippen molar-refractivity contribution in [1.29, 1.82) is 5.26 Å². The van der Waals surface area contributed by atoms with Gasteiger partial charge in [0.05, 0.1) is 17.2 Å². The fourth-order valence-corrected chi connectivity index (χ4v) is 2.55. The number of esters is 1. The minimum absolute atomic E-state index is 0.181. The van der Waals surface area contributed by atoms with Crippen molar-refractivity contribution in [2.45, 2.75) is 20.5 Å². The first-order valence-corrected chi connectivity index (χ1v) is 7.44. The molecule has 0 unspecified atom stereocenters. The maximum absolute atomic E-state index is 13.8. The summed E-state index contributed by atoms with van der Waals surface area (Å²) in [6, 6.07) is 11.2. The van der Waals surface area contributed by atoms with Gasteiger partial charge in [-0.25, -0.2) is 9.18 Å². The number of ether oxygens (including phenoxy) is 1. The van der Waals surface area contributed by atoms with Crippen LogP contribution in [0.3, 0.4) is 0 Å². The number of carbonyl (C=O) groups excluding carboxylic acids is 1. The molecule has 120 valence electrons. The van der Waals surface area contributed by atoms with Crippen LogP contribution in [0, 0.1) is 31.0 Å². The molecule has 1 aromatic heterocycles. The number of benzene rings is 2. The lowest BCUT2D eigenvalue weighted by Crippen LogP contribution is -2.06. The van der Waals surface area contributed by atoms with Crippen LogP contribution < -0.4 is 0 Å². The van der Waals surface area contributed by atoms with Crippen LogP contribution in [-0.4, -0.2) is 11.0 Å². The third-order valence-corrected chi connectivity index (χ3v) is 4.08. The average molecular weight is 322 g/mol. The molecule has 0 saturated carbocycles. The molecule has 0 radical (unpaired) electrons. The molecular weight excluding hydrogens is 307 g/mol. The summed E-state index contributed by atoms with van der Waals surface area (Å²) in [7, 11) is 0. The Labute approximate surface area is 138 Å². The lowest BCUT2D eigenvalue weighted by molar-refractivity contribution is 0.0469. The Kier molecular flexibility index (Phi) is 4.05. The van der Waals surface area contributed by atoms with Crippen LogP contribution in [0.2, 0.25) is 0 Å². The summed E-state index contributed by atoms with van der Waals surface area (Å²) in [5.41, 5.74) is 3.97. The summed E-state index contributed by atoms with van der Waals surface area (Å²) >= 11 is 0. The molecule has 0 bridgehead atoms. The zero-order valence-corrected chi connectivity index (χ0v) is 13.3. The highest BCUT2D eigenvalue weighted by Gasteiger charge is 2.12. The number of H-pyrrole nitrogens is 1. The largest absolute Gasteiger partial charge is 0.457 e. The van der Waals surface area contributed by atoms with E-state index < -0.39 is 11.8 Å². The molecule has 0 spiro atoms. The molecule has 0 amide bonds. The van der Waals surface area contributed by atoms with Crippen LogP contribution in [0.5, 0.6) is 0 Å². The van der Waals surface area contributed by atoms with E-state index in [2.05, 4.69) is 4.98 Å². The highest BCUT2D eigenvalue weighted by Crippen LogP contribution is 2.23. The van der Waals surface area contributed by atoms with E-state index in [1.54, 1.807) is 12.1 Å². The van der Waals surface area contributed by atoms with Crippen molar-refractivity contribution >= 4 is 16.9 Å². The molecule has 0 atom stereocenters. The molecule has 3 aromatic rings. The van der Waals surface area contributed by atoms with E-state index in [4.69, 9.17) is 10.00 Å². The van der Waals surface area contributed by atoms with Gasteiger partial charge in [0.25, 0.3) is 0 Å². The quantitative estimate of drug-likeness (QED) is 0.737. The summed E-state index contributed by atoms with van der Waals surface area (Å²) in [5, 5.41) is 9.69. The van der Waals surface area contributed by atoms with Gasteiger partial charge in [0.1, 0.15) is 12.4 Å². The van der Waals surface area contributed by atoms with Crippen molar-refractivity contribution in [2.75, 3.05) is 0 Å². The summed E-state index contributed by atoms with van der Waals surface area (Å²) < 4.78 is 19.0. The number of halogens is 1. The van der Waals surface area contributed by atoms with E-state index in [1.807, 2.05) is 26.0 Å². The molecule has 0 aliphatic carbocycles. The Morgan fingerprint density at radius 2 is 2.04 bits per heavy atom. The first kappa shape index (κ1) is 15.8. The van der Waals surface area contributed by atoms with Gasteiger partial charge in [-0.15, -0.1) is 0 Å². The monoisotopic (exact) mass is 322 g/mol. The molecule has 0 aliphatic heterocycles. The minimum atomic E-state index is -0.561. The fourth-order valence-electron chi connectivity index (χ4n) is 2.55. The van der Waals surface area contributed by atoms with Gasteiger partial charge in [-0.05, 0) is 49.7 Å².